The third kappa shape index (κ3) is 4.35. The molecule has 0 spiro atoms. The van der Waals surface area contributed by atoms with Crippen molar-refractivity contribution in [2.24, 2.45) is 5.92 Å². The normalized spacial score (nSPS) is 20.6. The number of hydrogen-bond acceptors (Lipinski definition) is 6. The molecule has 0 radical (unpaired) electrons. The maximum Gasteiger partial charge on any atom is 0.308 e. The number of amides is 1. The summed E-state index contributed by atoms with van der Waals surface area (Å²) in [7, 11) is -4.27. The third-order valence-electron chi connectivity index (χ3n) is 4.32. The fourth-order valence-electron chi connectivity index (χ4n) is 2.83. The molecule has 1 saturated heterocycles. The van der Waals surface area contributed by atoms with Crippen LogP contribution in [-0.4, -0.2) is 54.4 Å². The number of carboxylic acid groups (broad SMARTS) is 1. The van der Waals surface area contributed by atoms with Gasteiger partial charge in [0.15, 0.2) is 4.90 Å². The number of nitrogens with zero attached hydrogens (tertiary/aromatic N) is 2. The van der Waals surface area contributed by atoms with Gasteiger partial charge in [-0.05, 0) is 25.8 Å². The van der Waals surface area contributed by atoms with Crippen LogP contribution in [0.1, 0.15) is 19.8 Å². The summed E-state index contributed by atoms with van der Waals surface area (Å²) in [6.07, 6.45) is 0.946. The van der Waals surface area contributed by atoms with Crippen LogP contribution in [0.15, 0.2) is 29.2 Å². The van der Waals surface area contributed by atoms with E-state index in [9.17, 15) is 28.1 Å². The van der Waals surface area contributed by atoms with Crippen LogP contribution in [0.5, 0.6) is 0 Å². The van der Waals surface area contributed by atoms with Gasteiger partial charge >= 0.3 is 5.97 Å². The van der Waals surface area contributed by atoms with Gasteiger partial charge in [-0.3, -0.25) is 19.7 Å². The standard InChI is InChI=1S/C15H19N3O7S/c1-10-6-7-11(15(20)21)9-17(10)14(19)8-16-26(24,25)13-5-3-2-4-12(13)18(22)23/h2-5,10-11,16H,6-9H2,1H3,(H,20,21). The van der Waals surface area contributed by atoms with Gasteiger partial charge in [-0.15, -0.1) is 0 Å². The van der Waals surface area contributed by atoms with Crippen LogP contribution in [0.3, 0.4) is 0 Å². The topological polar surface area (TPSA) is 147 Å². The van der Waals surface area contributed by atoms with Crippen LogP contribution in [0.25, 0.3) is 0 Å². The number of carboxylic acids is 1. The molecular weight excluding hydrogens is 366 g/mol. The molecule has 1 aromatic rings. The van der Waals surface area contributed by atoms with Crippen molar-refractivity contribution in [3.05, 3.63) is 34.4 Å². The minimum absolute atomic E-state index is 0.00253. The molecule has 142 valence electrons. The second kappa shape index (κ2) is 7.79. The Kier molecular flexibility index (Phi) is 5.93. The van der Waals surface area contributed by atoms with E-state index in [1.807, 2.05) is 0 Å². The van der Waals surface area contributed by atoms with E-state index in [1.54, 1.807) is 6.92 Å². The predicted octanol–water partition coefficient (Wildman–Crippen LogP) is 0.585. The van der Waals surface area contributed by atoms with Gasteiger partial charge in [-0.25, -0.2) is 13.1 Å². The number of sulfonamides is 1. The van der Waals surface area contributed by atoms with Gasteiger partial charge in [0.25, 0.3) is 5.69 Å². The summed E-state index contributed by atoms with van der Waals surface area (Å²) in [5.41, 5.74) is -0.593. The first-order chi connectivity index (χ1) is 12.1. The smallest absolute Gasteiger partial charge is 0.308 e. The van der Waals surface area contributed by atoms with E-state index in [-0.39, 0.29) is 12.6 Å². The van der Waals surface area contributed by atoms with Crippen molar-refractivity contribution in [3.63, 3.8) is 0 Å². The number of para-hydroxylation sites is 1. The SMILES string of the molecule is CC1CCC(C(=O)O)CN1C(=O)CNS(=O)(=O)c1ccccc1[N+](=O)[O-]. The van der Waals surface area contributed by atoms with Crippen LogP contribution in [0.2, 0.25) is 0 Å². The first-order valence-electron chi connectivity index (χ1n) is 7.89. The monoisotopic (exact) mass is 385 g/mol. The lowest BCUT2D eigenvalue weighted by Gasteiger charge is -2.36. The zero-order valence-electron chi connectivity index (χ0n) is 14.0. The summed E-state index contributed by atoms with van der Waals surface area (Å²) in [6.45, 7) is 1.15. The van der Waals surface area contributed by atoms with Gasteiger partial charge in [-0.2, -0.15) is 0 Å². The Labute approximate surface area is 150 Å². The van der Waals surface area contributed by atoms with Crippen LogP contribution in [0.4, 0.5) is 5.69 Å². The number of nitro groups is 1. The first kappa shape index (κ1) is 19.8. The van der Waals surface area contributed by atoms with E-state index >= 15 is 0 Å². The number of benzene rings is 1. The Morgan fingerprint density at radius 3 is 2.62 bits per heavy atom. The molecule has 0 aliphatic carbocycles. The highest BCUT2D eigenvalue weighted by Gasteiger charge is 2.33. The molecule has 1 aromatic carbocycles. The van der Waals surface area contributed by atoms with Gasteiger partial charge in [0.2, 0.25) is 15.9 Å². The second-order valence-corrected chi connectivity index (χ2v) is 7.79. The number of aliphatic carboxylic acids is 1. The predicted molar refractivity (Wildman–Crippen MR) is 89.8 cm³/mol. The molecule has 1 heterocycles. The van der Waals surface area contributed by atoms with Crippen LogP contribution in [0, 0.1) is 16.0 Å². The molecule has 0 saturated carbocycles. The molecule has 11 heteroatoms. The Morgan fingerprint density at radius 2 is 2.00 bits per heavy atom. The fourth-order valence-corrected chi connectivity index (χ4v) is 3.97. The lowest BCUT2D eigenvalue weighted by Crippen LogP contribution is -2.50. The Balaban J connectivity index is 2.11. The maximum atomic E-state index is 12.3. The summed E-state index contributed by atoms with van der Waals surface area (Å²) >= 11 is 0. The molecule has 2 rings (SSSR count). The van der Waals surface area contributed by atoms with Crippen molar-refractivity contribution >= 4 is 27.6 Å². The molecule has 2 unspecified atom stereocenters. The molecule has 1 aliphatic rings. The maximum absolute atomic E-state index is 12.3. The van der Waals surface area contributed by atoms with E-state index in [2.05, 4.69) is 4.72 Å². The van der Waals surface area contributed by atoms with Crippen molar-refractivity contribution in [3.8, 4) is 0 Å². The number of rotatable bonds is 6. The van der Waals surface area contributed by atoms with Gasteiger partial charge in [0.1, 0.15) is 0 Å². The summed E-state index contributed by atoms with van der Waals surface area (Å²) in [5, 5.41) is 20.1. The minimum Gasteiger partial charge on any atom is -0.481 e. The second-order valence-electron chi connectivity index (χ2n) is 6.06. The zero-order chi connectivity index (χ0) is 19.5. The average molecular weight is 385 g/mol. The molecule has 26 heavy (non-hydrogen) atoms. The molecule has 1 amide bonds. The lowest BCUT2D eigenvalue weighted by atomic mass is 9.93. The number of carbonyl (C=O) groups excluding carboxylic acids is 1. The molecule has 10 nitrogen and oxygen atoms in total. The van der Waals surface area contributed by atoms with Crippen LogP contribution < -0.4 is 4.72 Å². The molecule has 0 aromatic heterocycles. The quantitative estimate of drug-likeness (QED) is 0.538. The van der Waals surface area contributed by atoms with Gasteiger partial charge in [-0.1, -0.05) is 12.1 Å². The van der Waals surface area contributed by atoms with Crippen molar-refractivity contribution in [2.45, 2.75) is 30.7 Å². The molecule has 2 atom stereocenters. The van der Waals surface area contributed by atoms with Gasteiger partial charge in [0.05, 0.1) is 17.4 Å². The zero-order valence-corrected chi connectivity index (χ0v) is 14.8. The number of hydrogen-bond donors (Lipinski definition) is 2. The highest BCUT2D eigenvalue weighted by Crippen LogP contribution is 2.24. The summed E-state index contributed by atoms with van der Waals surface area (Å²) < 4.78 is 26.7. The minimum atomic E-state index is -4.27. The molecule has 0 bridgehead atoms. The van der Waals surface area contributed by atoms with E-state index in [4.69, 9.17) is 5.11 Å². The van der Waals surface area contributed by atoms with E-state index in [0.29, 0.717) is 12.8 Å². The molecular formula is C15H19N3O7S. The average Bonchev–Trinajstić information content (AvgIpc) is 2.60. The largest absolute Gasteiger partial charge is 0.481 e. The van der Waals surface area contributed by atoms with Crippen LogP contribution in [-0.2, 0) is 19.6 Å². The summed E-state index contributed by atoms with van der Waals surface area (Å²) in [6, 6.07) is 4.60. The number of nitro benzene ring substituents is 1. The van der Waals surface area contributed by atoms with E-state index in [1.165, 1.54) is 17.0 Å². The third-order valence-corrected chi connectivity index (χ3v) is 5.77. The lowest BCUT2D eigenvalue weighted by molar-refractivity contribution is -0.387. The fraction of sp³-hybridized carbons (Fsp3) is 0.467. The van der Waals surface area contributed by atoms with Gasteiger partial charge in [0, 0.05) is 18.7 Å². The summed E-state index contributed by atoms with van der Waals surface area (Å²) in [5.74, 6) is -2.28. The van der Waals surface area contributed by atoms with Crippen molar-refractivity contribution in [2.75, 3.05) is 13.1 Å². The molecule has 1 aliphatic heterocycles. The Hall–Kier alpha value is -2.53. The number of piperidine rings is 1. The highest BCUT2D eigenvalue weighted by molar-refractivity contribution is 7.89. The molecule has 2 N–H and O–H groups in total. The number of carbonyl (C=O) groups is 2. The molecule has 1 fully saturated rings. The van der Waals surface area contributed by atoms with E-state index in [0.717, 1.165) is 12.1 Å². The van der Waals surface area contributed by atoms with Gasteiger partial charge < -0.3 is 10.0 Å². The van der Waals surface area contributed by atoms with E-state index < -0.39 is 49.9 Å². The number of nitrogens with one attached hydrogen (secondary N) is 1. The van der Waals surface area contributed by atoms with Crippen LogP contribution >= 0.6 is 0 Å². The first-order valence-corrected chi connectivity index (χ1v) is 9.37. The Bertz CT molecular complexity index is 824. The van der Waals surface area contributed by atoms with Crippen molar-refractivity contribution < 1.29 is 28.0 Å². The van der Waals surface area contributed by atoms with Crippen molar-refractivity contribution in [1.82, 2.24) is 9.62 Å². The van der Waals surface area contributed by atoms with Crippen molar-refractivity contribution in [1.29, 1.82) is 0 Å². The number of likely N-dealkylation sites (tertiary alicyclic amines) is 1. The highest BCUT2D eigenvalue weighted by atomic mass is 32.2. The Morgan fingerprint density at radius 1 is 1.35 bits per heavy atom. The summed E-state index contributed by atoms with van der Waals surface area (Å²) in [4.78, 5) is 34.4.